The fourth-order valence-electron chi connectivity index (χ4n) is 1.59. The zero-order valence-corrected chi connectivity index (χ0v) is 12.5. The highest BCUT2D eigenvalue weighted by Crippen LogP contribution is 2.18. The van der Waals surface area contributed by atoms with E-state index >= 15 is 0 Å². The summed E-state index contributed by atoms with van der Waals surface area (Å²) in [7, 11) is 0. The van der Waals surface area contributed by atoms with Crippen LogP contribution < -0.4 is 5.73 Å². The van der Waals surface area contributed by atoms with Crippen molar-refractivity contribution in [3.05, 3.63) is 17.0 Å². The first-order chi connectivity index (χ1) is 8.58. The van der Waals surface area contributed by atoms with Crippen molar-refractivity contribution in [2.75, 3.05) is 18.9 Å². The van der Waals surface area contributed by atoms with Crippen LogP contribution in [0.3, 0.4) is 0 Å². The van der Waals surface area contributed by atoms with E-state index < -0.39 is 0 Å². The Morgan fingerprint density at radius 2 is 1.83 bits per heavy atom. The highest BCUT2D eigenvalue weighted by atomic mass is 32.2. The molecule has 2 N–H and O–H groups in total. The molecule has 18 heavy (non-hydrogen) atoms. The van der Waals surface area contributed by atoms with Crippen molar-refractivity contribution >= 4 is 11.8 Å². The molecule has 1 aromatic rings. The fraction of sp³-hybridized carbons (Fsp3) is 0.692. The molecule has 1 aromatic heterocycles. The number of hydrogen-bond acceptors (Lipinski definition) is 5. The van der Waals surface area contributed by atoms with E-state index in [2.05, 4.69) is 16.9 Å². The van der Waals surface area contributed by atoms with Crippen LogP contribution in [-0.2, 0) is 4.74 Å². The first-order valence-electron chi connectivity index (χ1n) is 6.34. The molecular formula is C13H23N3OS. The molecule has 0 saturated carbocycles. The number of thioether (sulfide) groups is 1. The van der Waals surface area contributed by atoms with Crippen LogP contribution in [-0.4, -0.2) is 35.0 Å². The second kappa shape index (κ2) is 7.71. The summed E-state index contributed by atoms with van der Waals surface area (Å²) in [6, 6.07) is 0. The van der Waals surface area contributed by atoms with Gasteiger partial charge in [-0.2, -0.15) is 0 Å². The Balaban J connectivity index is 2.48. The molecule has 0 saturated heterocycles. The minimum atomic E-state index is 0.148. The van der Waals surface area contributed by atoms with Gasteiger partial charge in [0, 0.05) is 30.3 Å². The number of hydrogen-bond donors (Lipinski definition) is 1. The van der Waals surface area contributed by atoms with Gasteiger partial charge in [-0.05, 0) is 39.7 Å². The number of nitrogens with two attached hydrogens (primary N) is 1. The van der Waals surface area contributed by atoms with Crippen LogP contribution in [0.15, 0.2) is 5.16 Å². The van der Waals surface area contributed by atoms with Crippen LogP contribution in [0.1, 0.15) is 30.3 Å². The highest BCUT2D eigenvalue weighted by molar-refractivity contribution is 7.99. The molecular weight excluding hydrogens is 246 g/mol. The number of ether oxygens (including phenoxy) is 1. The van der Waals surface area contributed by atoms with Crippen molar-refractivity contribution in [1.82, 2.24) is 9.97 Å². The molecule has 1 heterocycles. The Bertz CT molecular complexity index is 361. The van der Waals surface area contributed by atoms with Crippen LogP contribution in [0.25, 0.3) is 0 Å². The normalized spacial score (nSPS) is 12.7. The lowest BCUT2D eigenvalue weighted by Crippen LogP contribution is -2.24. The molecule has 0 aromatic carbocycles. The lowest BCUT2D eigenvalue weighted by molar-refractivity contribution is 0.0674. The maximum Gasteiger partial charge on any atom is 0.187 e. The monoisotopic (exact) mass is 269 g/mol. The Morgan fingerprint density at radius 1 is 1.22 bits per heavy atom. The lowest BCUT2D eigenvalue weighted by atomic mass is 10.2. The molecule has 1 rings (SSSR count). The van der Waals surface area contributed by atoms with Crippen molar-refractivity contribution in [2.24, 2.45) is 5.73 Å². The predicted molar refractivity (Wildman–Crippen MR) is 76.1 cm³/mol. The van der Waals surface area contributed by atoms with E-state index in [4.69, 9.17) is 10.5 Å². The van der Waals surface area contributed by atoms with Gasteiger partial charge in [-0.25, -0.2) is 9.97 Å². The van der Waals surface area contributed by atoms with E-state index in [0.29, 0.717) is 13.2 Å². The third-order valence-corrected chi connectivity index (χ3v) is 3.83. The van der Waals surface area contributed by atoms with E-state index in [0.717, 1.165) is 28.7 Å². The second-order valence-electron chi connectivity index (χ2n) is 4.25. The minimum Gasteiger partial charge on any atom is -0.377 e. The van der Waals surface area contributed by atoms with Gasteiger partial charge in [0.1, 0.15) is 0 Å². The van der Waals surface area contributed by atoms with Gasteiger partial charge >= 0.3 is 0 Å². The molecule has 0 aliphatic heterocycles. The van der Waals surface area contributed by atoms with E-state index in [1.54, 1.807) is 11.8 Å². The van der Waals surface area contributed by atoms with Gasteiger partial charge in [-0.15, -0.1) is 0 Å². The molecule has 0 spiro atoms. The molecule has 1 unspecified atom stereocenters. The van der Waals surface area contributed by atoms with Crippen LogP contribution >= 0.6 is 11.8 Å². The molecule has 0 amide bonds. The Hall–Kier alpha value is -0.650. The predicted octanol–water partition coefficient (Wildman–Crippen LogP) is 2.25. The van der Waals surface area contributed by atoms with Gasteiger partial charge in [0.15, 0.2) is 5.16 Å². The lowest BCUT2D eigenvalue weighted by Gasteiger charge is -2.14. The van der Waals surface area contributed by atoms with Crippen LogP contribution in [0, 0.1) is 20.8 Å². The highest BCUT2D eigenvalue weighted by Gasteiger charge is 2.08. The topological polar surface area (TPSA) is 61.0 Å². The van der Waals surface area contributed by atoms with Gasteiger partial charge in [0.2, 0.25) is 0 Å². The van der Waals surface area contributed by atoms with Crippen molar-refractivity contribution < 1.29 is 4.74 Å². The molecule has 102 valence electrons. The van der Waals surface area contributed by atoms with Crippen molar-refractivity contribution in [2.45, 2.75) is 45.4 Å². The molecule has 0 radical (unpaired) electrons. The Labute approximate surface area is 114 Å². The van der Waals surface area contributed by atoms with Crippen molar-refractivity contribution in [3.63, 3.8) is 0 Å². The molecule has 1 atom stereocenters. The summed E-state index contributed by atoms with van der Waals surface area (Å²) >= 11 is 1.67. The summed E-state index contributed by atoms with van der Waals surface area (Å²) in [5.74, 6) is 0.934. The first kappa shape index (κ1) is 15.4. The average Bonchev–Trinajstić information content (AvgIpc) is 2.34. The summed E-state index contributed by atoms with van der Waals surface area (Å²) < 4.78 is 5.52. The summed E-state index contributed by atoms with van der Waals surface area (Å²) in [6.45, 7) is 9.38. The maximum absolute atomic E-state index is 5.64. The number of aryl methyl sites for hydroxylation is 2. The number of nitrogens with zero attached hydrogens (tertiary/aromatic N) is 2. The summed E-state index contributed by atoms with van der Waals surface area (Å²) in [4.78, 5) is 8.96. The Kier molecular flexibility index (Phi) is 6.60. The molecule has 0 aliphatic carbocycles. The minimum absolute atomic E-state index is 0.148. The van der Waals surface area contributed by atoms with E-state index in [9.17, 15) is 0 Å². The maximum atomic E-state index is 5.64. The molecule has 0 fully saturated rings. The van der Waals surface area contributed by atoms with Crippen molar-refractivity contribution in [3.8, 4) is 0 Å². The van der Waals surface area contributed by atoms with Crippen LogP contribution in [0.4, 0.5) is 0 Å². The van der Waals surface area contributed by atoms with E-state index in [-0.39, 0.29) is 6.10 Å². The molecule has 4 nitrogen and oxygen atoms in total. The second-order valence-corrected chi connectivity index (χ2v) is 5.31. The van der Waals surface area contributed by atoms with Gasteiger partial charge in [-0.1, -0.05) is 11.8 Å². The SMILES string of the molecule is CCOC(CN)CCSc1nc(C)c(C)c(C)n1. The number of rotatable bonds is 7. The largest absolute Gasteiger partial charge is 0.377 e. The van der Waals surface area contributed by atoms with Crippen LogP contribution in [0.2, 0.25) is 0 Å². The molecule has 0 aliphatic rings. The average molecular weight is 269 g/mol. The van der Waals surface area contributed by atoms with Gasteiger partial charge in [0.05, 0.1) is 6.10 Å². The van der Waals surface area contributed by atoms with Crippen molar-refractivity contribution in [1.29, 1.82) is 0 Å². The van der Waals surface area contributed by atoms with E-state index in [1.165, 1.54) is 5.56 Å². The summed E-state index contributed by atoms with van der Waals surface area (Å²) in [5, 5.41) is 0.850. The Morgan fingerprint density at radius 3 is 2.33 bits per heavy atom. The smallest absolute Gasteiger partial charge is 0.187 e. The third kappa shape index (κ3) is 4.55. The summed E-state index contributed by atoms with van der Waals surface area (Å²) in [6.07, 6.45) is 1.08. The molecule has 5 heteroatoms. The standard InChI is InChI=1S/C13H23N3OS/c1-5-17-12(8-14)6-7-18-13-15-10(3)9(2)11(4)16-13/h12H,5-8,14H2,1-4H3. The summed E-state index contributed by atoms with van der Waals surface area (Å²) in [5.41, 5.74) is 8.94. The zero-order chi connectivity index (χ0) is 13.5. The first-order valence-corrected chi connectivity index (χ1v) is 7.33. The molecule has 0 bridgehead atoms. The quantitative estimate of drug-likeness (QED) is 0.607. The van der Waals surface area contributed by atoms with Gasteiger partial charge in [0.25, 0.3) is 0 Å². The third-order valence-electron chi connectivity index (χ3n) is 2.95. The van der Waals surface area contributed by atoms with Gasteiger partial charge in [-0.3, -0.25) is 0 Å². The van der Waals surface area contributed by atoms with E-state index in [1.807, 2.05) is 20.8 Å². The zero-order valence-electron chi connectivity index (χ0n) is 11.7. The van der Waals surface area contributed by atoms with Gasteiger partial charge < -0.3 is 10.5 Å². The number of aromatic nitrogens is 2. The van der Waals surface area contributed by atoms with Crippen LogP contribution in [0.5, 0.6) is 0 Å². The fourth-order valence-corrected chi connectivity index (χ4v) is 2.56.